The molecule has 1 aromatic carbocycles. The Labute approximate surface area is 96.1 Å². The minimum Gasteiger partial charge on any atom is -0.387 e. The zero-order chi connectivity index (χ0) is 11.4. The van der Waals surface area contributed by atoms with Gasteiger partial charge < -0.3 is 10.8 Å². The highest BCUT2D eigenvalue weighted by molar-refractivity contribution is 6.31. The van der Waals surface area contributed by atoms with E-state index in [1.54, 1.807) is 6.07 Å². The van der Waals surface area contributed by atoms with Gasteiger partial charge in [-0.2, -0.15) is 0 Å². The third kappa shape index (κ3) is 3.49. The van der Waals surface area contributed by atoms with Crippen molar-refractivity contribution in [3.05, 3.63) is 34.9 Å². The van der Waals surface area contributed by atoms with Crippen molar-refractivity contribution in [2.75, 3.05) is 0 Å². The molecule has 0 aliphatic carbocycles. The number of nitrogens with two attached hydrogens (primary N) is 1. The van der Waals surface area contributed by atoms with E-state index >= 15 is 0 Å². The molecule has 0 aromatic heterocycles. The molecule has 0 amide bonds. The van der Waals surface area contributed by atoms with E-state index in [-0.39, 0.29) is 6.04 Å². The monoisotopic (exact) mass is 227 g/mol. The SMILES string of the molecule is CC(C)CC(N)C(O)c1ccccc1Cl. The Morgan fingerprint density at radius 2 is 1.93 bits per heavy atom. The van der Waals surface area contributed by atoms with Gasteiger partial charge in [-0.3, -0.25) is 0 Å². The highest BCUT2D eigenvalue weighted by atomic mass is 35.5. The fourth-order valence-corrected chi connectivity index (χ4v) is 1.87. The molecule has 84 valence electrons. The average Bonchev–Trinajstić information content (AvgIpc) is 2.16. The standard InChI is InChI=1S/C12H18ClNO/c1-8(2)7-11(14)12(15)9-5-3-4-6-10(9)13/h3-6,8,11-12,15H,7,14H2,1-2H3. The molecule has 1 rings (SSSR count). The van der Waals surface area contributed by atoms with E-state index < -0.39 is 6.10 Å². The van der Waals surface area contributed by atoms with Gasteiger partial charge in [0.1, 0.15) is 0 Å². The van der Waals surface area contributed by atoms with Gasteiger partial charge in [0.2, 0.25) is 0 Å². The van der Waals surface area contributed by atoms with Crippen molar-refractivity contribution in [2.45, 2.75) is 32.4 Å². The molecule has 0 heterocycles. The predicted molar refractivity (Wildman–Crippen MR) is 63.8 cm³/mol. The highest BCUT2D eigenvalue weighted by Gasteiger charge is 2.19. The van der Waals surface area contributed by atoms with Gasteiger partial charge in [-0.25, -0.2) is 0 Å². The van der Waals surface area contributed by atoms with Crippen molar-refractivity contribution >= 4 is 11.6 Å². The summed E-state index contributed by atoms with van der Waals surface area (Å²) in [5.41, 5.74) is 6.63. The van der Waals surface area contributed by atoms with Crippen molar-refractivity contribution in [3.63, 3.8) is 0 Å². The molecule has 0 aliphatic heterocycles. The van der Waals surface area contributed by atoms with Crippen LogP contribution in [-0.4, -0.2) is 11.1 Å². The van der Waals surface area contributed by atoms with Gasteiger partial charge in [0.25, 0.3) is 0 Å². The summed E-state index contributed by atoms with van der Waals surface area (Å²) < 4.78 is 0. The highest BCUT2D eigenvalue weighted by Crippen LogP contribution is 2.26. The Morgan fingerprint density at radius 1 is 1.33 bits per heavy atom. The van der Waals surface area contributed by atoms with Crippen LogP contribution >= 0.6 is 11.6 Å². The van der Waals surface area contributed by atoms with E-state index in [9.17, 15) is 5.11 Å². The maximum absolute atomic E-state index is 10.0. The van der Waals surface area contributed by atoms with Crippen LogP contribution in [0.3, 0.4) is 0 Å². The van der Waals surface area contributed by atoms with Crippen LogP contribution in [0.1, 0.15) is 31.9 Å². The van der Waals surface area contributed by atoms with Gasteiger partial charge in [0, 0.05) is 16.6 Å². The molecule has 2 atom stereocenters. The normalized spacial score (nSPS) is 15.3. The van der Waals surface area contributed by atoms with Crippen molar-refractivity contribution in [2.24, 2.45) is 11.7 Å². The molecule has 15 heavy (non-hydrogen) atoms. The maximum Gasteiger partial charge on any atom is 0.0955 e. The summed E-state index contributed by atoms with van der Waals surface area (Å²) in [6.45, 7) is 4.17. The fraction of sp³-hybridized carbons (Fsp3) is 0.500. The second-order valence-electron chi connectivity index (χ2n) is 4.26. The molecule has 0 aliphatic rings. The predicted octanol–water partition coefficient (Wildman–Crippen LogP) is 2.75. The summed E-state index contributed by atoms with van der Waals surface area (Å²) in [4.78, 5) is 0. The third-order valence-electron chi connectivity index (χ3n) is 2.37. The van der Waals surface area contributed by atoms with E-state index in [0.717, 1.165) is 6.42 Å². The molecule has 0 saturated carbocycles. The Bertz CT molecular complexity index is 314. The first-order valence-electron chi connectivity index (χ1n) is 5.20. The molecule has 0 saturated heterocycles. The van der Waals surface area contributed by atoms with E-state index in [4.69, 9.17) is 17.3 Å². The average molecular weight is 228 g/mol. The maximum atomic E-state index is 10.0. The van der Waals surface area contributed by atoms with E-state index in [1.807, 2.05) is 18.2 Å². The molecule has 3 heteroatoms. The van der Waals surface area contributed by atoms with Gasteiger partial charge in [-0.15, -0.1) is 0 Å². The Kier molecular flexibility index (Phi) is 4.58. The lowest BCUT2D eigenvalue weighted by Crippen LogP contribution is -2.30. The van der Waals surface area contributed by atoms with E-state index in [0.29, 0.717) is 16.5 Å². The summed E-state index contributed by atoms with van der Waals surface area (Å²) in [6, 6.07) is 7.01. The lowest BCUT2D eigenvalue weighted by Gasteiger charge is -2.21. The summed E-state index contributed by atoms with van der Waals surface area (Å²) in [6.07, 6.45) is 0.105. The van der Waals surface area contributed by atoms with Gasteiger partial charge in [-0.05, 0) is 18.4 Å². The van der Waals surface area contributed by atoms with Crippen LogP contribution in [0.2, 0.25) is 5.02 Å². The number of benzene rings is 1. The van der Waals surface area contributed by atoms with Crippen LogP contribution in [0.4, 0.5) is 0 Å². The van der Waals surface area contributed by atoms with Crippen molar-refractivity contribution in [1.82, 2.24) is 0 Å². The zero-order valence-electron chi connectivity index (χ0n) is 9.15. The van der Waals surface area contributed by atoms with Crippen molar-refractivity contribution in [3.8, 4) is 0 Å². The van der Waals surface area contributed by atoms with Crippen LogP contribution in [0, 0.1) is 5.92 Å². The quantitative estimate of drug-likeness (QED) is 0.831. The number of hydrogen-bond donors (Lipinski definition) is 2. The van der Waals surface area contributed by atoms with Crippen LogP contribution in [-0.2, 0) is 0 Å². The number of halogens is 1. The Morgan fingerprint density at radius 3 is 2.47 bits per heavy atom. The molecular weight excluding hydrogens is 210 g/mol. The molecule has 1 aromatic rings. The van der Waals surface area contributed by atoms with Crippen LogP contribution < -0.4 is 5.73 Å². The largest absolute Gasteiger partial charge is 0.387 e. The fourth-order valence-electron chi connectivity index (χ4n) is 1.62. The lowest BCUT2D eigenvalue weighted by atomic mass is 9.95. The van der Waals surface area contributed by atoms with Crippen LogP contribution in [0.15, 0.2) is 24.3 Å². The number of aliphatic hydroxyl groups excluding tert-OH is 1. The molecule has 0 radical (unpaired) electrons. The van der Waals surface area contributed by atoms with Crippen LogP contribution in [0.25, 0.3) is 0 Å². The Hall–Kier alpha value is -0.570. The van der Waals surface area contributed by atoms with E-state index in [1.165, 1.54) is 0 Å². The summed E-state index contributed by atoms with van der Waals surface area (Å²) in [7, 11) is 0. The first-order chi connectivity index (χ1) is 7.02. The zero-order valence-corrected chi connectivity index (χ0v) is 9.91. The molecule has 0 bridgehead atoms. The third-order valence-corrected chi connectivity index (χ3v) is 2.72. The molecule has 2 nitrogen and oxygen atoms in total. The first-order valence-corrected chi connectivity index (χ1v) is 5.58. The molecule has 0 spiro atoms. The molecular formula is C12H18ClNO. The van der Waals surface area contributed by atoms with Gasteiger partial charge in [0.15, 0.2) is 0 Å². The number of hydrogen-bond acceptors (Lipinski definition) is 2. The minimum absolute atomic E-state index is 0.259. The summed E-state index contributed by atoms with van der Waals surface area (Å²) in [5.74, 6) is 0.470. The second kappa shape index (κ2) is 5.50. The molecule has 3 N–H and O–H groups in total. The summed E-state index contributed by atoms with van der Waals surface area (Å²) >= 11 is 5.98. The lowest BCUT2D eigenvalue weighted by molar-refractivity contribution is 0.136. The van der Waals surface area contributed by atoms with E-state index in [2.05, 4.69) is 13.8 Å². The smallest absolute Gasteiger partial charge is 0.0955 e. The summed E-state index contributed by atoms with van der Waals surface area (Å²) in [5, 5.41) is 10.6. The topological polar surface area (TPSA) is 46.2 Å². The minimum atomic E-state index is -0.680. The number of rotatable bonds is 4. The second-order valence-corrected chi connectivity index (χ2v) is 4.67. The van der Waals surface area contributed by atoms with Gasteiger partial charge in [-0.1, -0.05) is 43.6 Å². The number of aliphatic hydroxyl groups is 1. The molecule has 2 unspecified atom stereocenters. The van der Waals surface area contributed by atoms with Crippen molar-refractivity contribution in [1.29, 1.82) is 0 Å². The van der Waals surface area contributed by atoms with Crippen molar-refractivity contribution < 1.29 is 5.11 Å². The van der Waals surface area contributed by atoms with Gasteiger partial charge >= 0.3 is 0 Å². The molecule has 0 fully saturated rings. The van der Waals surface area contributed by atoms with Gasteiger partial charge in [0.05, 0.1) is 6.10 Å². The first kappa shape index (κ1) is 12.5. The Balaban J connectivity index is 2.76. The van der Waals surface area contributed by atoms with Crippen LogP contribution in [0.5, 0.6) is 0 Å².